The largest absolute Gasteiger partial charge is 0.379 e. The van der Waals surface area contributed by atoms with Crippen molar-refractivity contribution in [2.45, 2.75) is 45.1 Å². The molecule has 0 amide bonds. The minimum atomic E-state index is 0.325. The third-order valence-corrected chi connectivity index (χ3v) is 4.92. The SMILES string of the molecule is CCN1CCCC(CNC(=NC)NCCCOCC2CCCO2)C1. The first-order valence-electron chi connectivity index (χ1n) is 9.68. The summed E-state index contributed by atoms with van der Waals surface area (Å²) in [5, 5.41) is 6.85. The fourth-order valence-corrected chi connectivity index (χ4v) is 3.44. The summed E-state index contributed by atoms with van der Waals surface area (Å²) in [6.07, 6.45) is 6.26. The summed E-state index contributed by atoms with van der Waals surface area (Å²) in [5.74, 6) is 1.63. The molecule has 2 heterocycles. The van der Waals surface area contributed by atoms with Crippen molar-refractivity contribution < 1.29 is 9.47 Å². The monoisotopic (exact) mass is 340 g/mol. The molecule has 6 heteroatoms. The fraction of sp³-hybridized carbons (Fsp3) is 0.944. The lowest BCUT2D eigenvalue weighted by molar-refractivity contribution is 0.0168. The molecule has 0 radical (unpaired) electrons. The van der Waals surface area contributed by atoms with Gasteiger partial charge in [0.2, 0.25) is 0 Å². The van der Waals surface area contributed by atoms with Crippen molar-refractivity contribution in [3.05, 3.63) is 0 Å². The first kappa shape index (κ1) is 19.5. The molecule has 2 saturated heterocycles. The van der Waals surface area contributed by atoms with E-state index >= 15 is 0 Å². The number of nitrogens with one attached hydrogen (secondary N) is 2. The second kappa shape index (κ2) is 11.7. The smallest absolute Gasteiger partial charge is 0.190 e. The van der Waals surface area contributed by atoms with Gasteiger partial charge >= 0.3 is 0 Å². The molecule has 2 aliphatic heterocycles. The highest BCUT2D eigenvalue weighted by molar-refractivity contribution is 5.79. The van der Waals surface area contributed by atoms with Crippen LogP contribution in [0.15, 0.2) is 4.99 Å². The van der Waals surface area contributed by atoms with Crippen molar-refractivity contribution in [1.82, 2.24) is 15.5 Å². The van der Waals surface area contributed by atoms with E-state index in [9.17, 15) is 0 Å². The maximum Gasteiger partial charge on any atom is 0.190 e. The molecule has 2 aliphatic rings. The molecule has 2 unspecified atom stereocenters. The maximum atomic E-state index is 5.68. The number of nitrogens with zero attached hydrogens (tertiary/aromatic N) is 2. The minimum absolute atomic E-state index is 0.325. The molecular formula is C18H36N4O2. The summed E-state index contributed by atoms with van der Waals surface area (Å²) in [7, 11) is 1.84. The third kappa shape index (κ3) is 7.36. The second-order valence-electron chi connectivity index (χ2n) is 6.84. The Morgan fingerprint density at radius 3 is 2.96 bits per heavy atom. The van der Waals surface area contributed by atoms with Gasteiger partial charge in [-0.1, -0.05) is 6.92 Å². The van der Waals surface area contributed by atoms with E-state index in [-0.39, 0.29) is 0 Å². The van der Waals surface area contributed by atoms with Gasteiger partial charge in [-0.2, -0.15) is 0 Å². The number of guanidine groups is 1. The molecule has 0 saturated carbocycles. The Bertz CT molecular complexity index is 359. The van der Waals surface area contributed by atoms with E-state index < -0.39 is 0 Å². The van der Waals surface area contributed by atoms with Gasteiger partial charge in [-0.25, -0.2) is 0 Å². The number of aliphatic imine (C=N–C) groups is 1. The van der Waals surface area contributed by atoms with E-state index in [2.05, 4.69) is 27.4 Å². The van der Waals surface area contributed by atoms with Crippen molar-refractivity contribution in [1.29, 1.82) is 0 Å². The second-order valence-corrected chi connectivity index (χ2v) is 6.84. The molecule has 140 valence electrons. The molecule has 0 aromatic carbocycles. The van der Waals surface area contributed by atoms with Gasteiger partial charge in [-0.15, -0.1) is 0 Å². The van der Waals surface area contributed by atoms with Crippen LogP contribution in [0.25, 0.3) is 0 Å². The first-order chi connectivity index (χ1) is 11.8. The highest BCUT2D eigenvalue weighted by Gasteiger charge is 2.18. The maximum absolute atomic E-state index is 5.68. The standard InChI is InChI=1S/C18H36N4O2/c1-3-22-10-4-7-16(14-22)13-21-18(19-2)20-9-6-11-23-15-17-8-5-12-24-17/h16-17H,3-15H2,1-2H3,(H2,19,20,21). The average Bonchev–Trinajstić information content (AvgIpc) is 3.14. The third-order valence-electron chi connectivity index (χ3n) is 4.92. The van der Waals surface area contributed by atoms with E-state index in [1.165, 1.54) is 32.4 Å². The van der Waals surface area contributed by atoms with Crippen LogP contribution in [0.4, 0.5) is 0 Å². The van der Waals surface area contributed by atoms with E-state index in [1.54, 1.807) is 0 Å². The minimum Gasteiger partial charge on any atom is -0.379 e. The fourth-order valence-electron chi connectivity index (χ4n) is 3.44. The highest BCUT2D eigenvalue weighted by atomic mass is 16.5. The van der Waals surface area contributed by atoms with Gasteiger partial charge < -0.3 is 25.0 Å². The molecule has 0 aromatic heterocycles. The van der Waals surface area contributed by atoms with Crippen molar-refractivity contribution in [2.24, 2.45) is 10.9 Å². The molecule has 0 bridgehead atoms. The van der Waals surface area contributed by atoms with Gasteiger partial charge in [0.25, 0.3) is 0 Å². The van der Waals surface area contributed by atoms with Crippen LogP contribution < -0.4 is 10.6 Å². The number of rotatable bonds is 9. The van der Waals surface area contributed by atoms with E-state index in [0.29, 0.717) is 6.10 Å². The van der Waals surface area contributed by atoms with Gasteiger partial charge in [0.15, 0.2) is 5.96 Å². The lowest BCUT2D eigenvalue weighted by atomic mass is 9.98. The Morgan fingerprint density at radius 1 is 1.29 bits per heavy atom. The Kier molecular flexibility index (Phi) is 9.46. The van der Waals surface area contributed by atoms with Crippen LogP contribution in [0.5, 0.6) is 0 Å². The Morgan fingerprint density at radius 2 is 2.21 bits per heavy atom. The average molecular weight is 341 g/mol. The van der Waals surface area contributed by atoms with Crippen molar-refractivity contribution in [3.63, 3.8) is 0 Å². The van der Waals surface area contributed by atoms with Crippen LogP contribution in [0.2, 0.25) is 0 Å². The number of piperidine rings is 1. The molecule has 0 aromatic rings. The molecule has 6 nitrogen and oxygen atoms in total. The number of ether oxygens (including phenoxy) is 2. The number of hydrogen-bond acceptors (Lipinski definition) is 4. The van der Waals surface area contributed by atoms with Crippen molar-refractivity contribution in [2.75, 3.05) is 59.6 Å². The lowest BCUT2D eigenvalue weighted by Crippen LogP contribution is -2.44. The van der Waals surface area contributed by atoms with Crippen LogP contribution in [0, 0.1) is 5.92 Å². The molecule has 2 N–H and O–H groups in total. The quantitative estimate of drug-likeness (QED) is 0.378. The summed E-state index contributed by atoms with van der Waals surface area (Å²) in [6, 6.07) is 0. The summed E-state index contributed by atoms with van der Waals surface area (Å²) in [4.78, 5) is 6.85. The Labute approximate surface area is 147 Å². The summed E-state index contributed by atoms with van der Waals surface area (Å²) in [5.41, 5.74) is 0. The zero-order valence-corrected chi connectivity index (χ0v) is 15.6. The van der Waals surface area contributed by atoms with Crippen LogP contribution in [-0.2, 0) is 9.47 Å². The van der Waals surface area contributed by atoms with Crippen LogP contribution >= 0.6 is 0 Å². The van der Waals surface area contributed by atoms with Gasteiger partial charge in [0, 0.05) is 39.9 Å². The van der Waals surface area contributed by atoms with Gasteiger partial charge in [0.1, 0.15) is 0 Å². The summed E-state index contributed by atoms with van der Waals surface area (Å²) >= 11 is 0. The van der Waals surface area contributed by atoms with E-state index in [1.807, 2.05) is 7.05 Å². The lowest BCUT2D eigenvalue weighted by Gasteiger charge is -2.32. The predicted molar refractivity (Wildman–Crippen MR) is 98.6 cm³/mol. The van der Waals surface area contributed by atoms with E-state index in [4.69, 9.17) is 9.47 Å². The Balaban J connectivity index is 1.49. The predicted octanol–water partition coefficient (Wildman–Crippen LogP) is 1.47. The number of hydrogen-bond donors (Lipinski definition) is 2. The molecule has 2 fully saturated rings. The first-order valence-corrected chi connectivity index (χ1v) is 9.68. The van der Waals surface area contributed by atoms with Crippen LogP contribution in [0.3, 0.4) is 0 Å². The molecular weight excluding hydrogens is 304 g/mol. The highest BCUT2D eigenvalue weighted by Crippen LogP contribution is 2.15. The summed E-state index contributed by atoms with van der Waals surface area (Å²) in [6.45, 7) is 10.2. The molecule has 24 heavy (non-hydrogen) atoms. The van der Waals surface area contributed by atoms with Gasteiger partial charge in [-0.05, 0) is 51.1 Å². The van der Waals surface area contributed by atoms with Crippen molar-refractivity contribution >= 4 is 5.96 Å². The van der Waals surface area contributed by atoms with E-state index in [0.717, 1.165) is 64.2 Å². The topological polar surface area (TPSA) is 58.1 Å². The molecule has 2 rings (SSSR count). The zero-order valence-electron chi connectivity index (χ0n) is 15.6. The molecule has 2 atom stereocenters. The summed E-state index contributed by atoms with van der Waals surface area (Å²) < 4.78 is 11.2. The molecule has 0 aliphatic carbocycles. The van der Waals surface area contributed by atoms with Crippen LogP contribution in [-0.4, -0.2) is 76.6 Å². The van der Waals surface area contributed by atoms with Crippen LogP contribution in [0.1, 0.15) is 39.0 Å². The Hall–Kier alpha value is -0.850. The van der Waals surface area contributed by atoms with Gasteiger partial charge in [0.05, 0.1) is 12.7 Å². The van der Waals surface area contributed by atoms with Crippen molar-refractivity contribution in [3.8, 4) is 0 Å². The number of likely N-dealkylation sites (tertiary alicyclic amines) is 1. The van der Waals surface area contributed by atoms with Gasteiger partial charge in [-0.3, -0.25) is 4.99 Å². The normalized spacial score (nSPS) is 25.8. The molecule has 0 spiro atoms. The zero-order chi connectivity index (χ0) is 17.0.